The summed E-state index contributed by atoms with van der Waals surface area (Å²) in [6.45, 7) is 0. The summed E-state index contributed by atoms with van der Waals surface area (Å²) in [4.78, 5) is 14.9. The van der Waals surface area contributed by atoms with E-state index in [1.807, 2.05) is 78.9 Å². The number of rotatable bonds is 3. The van der Waals surface area contributed by atoms with Gasteiger partial charge in [-0.05, 0) is 12.1 Å². The van der Waals surface area contributed by atoms with Gasteiger partial charge in [-0.2, -0.15) is 9.97 Å². The minimum absolute atomic E-state index is 0.552. The first-order valence-corrected chi connectivity index (χ1v) is 13.1. The van der Waals surface area contributed by atoms with Gasteiger partial charge in [-0.3, -0.25) is 4.57 Å². The van der Waals surface area contributed by atoms with E-state index in [0.29, 0.717) is 17.6 Å². The zero-order valence-electron chi connectivity index (χ0n) is 20.0. The van der Waals surface area contributed by atoms with Crippen LogP contribution in [0.5, 0.6) is 0 Å². The van der Waals surface area contributed by atoms with E-state index in [9.17, 15) is 0 Å². The van der Waals surface area contributed by atoms with Gasteiger partial charge in [0.2, 0.25) is 5.95 Å². The van der Waals surface area contributed by atoms with Gasteiger partial charge < -0.3 is 0 Å². The maximum atomic E-state index is 5.03. The molecular weight excluding hydrogens is 488 g/mol. The van der Waals surface area contributed by atoms with Gasteiger partial charge in [0, 0.05) is 26.6 Å². The molecule has 0 saturated heterocycles. The summed E-state index contributed by atoms with van der Waals surface area (Å²) >= 11 is 1.72. The highest BCUT2D eigenvalue weighted by Crippen LogP contribution is 2.40. The van der Waals surface area contributed by atoms with Crippen LogP contribution in [0.25, 0.3) is 71.0 Å². The third kappa shape index (κ3) is 3.16. The van der Waals surface area contributed by atoms with Crippen LogP contribution in [0.2, 0.25) is 0 Å². The second kappa shape index (κ2) is 8.26. The van der Waals surface area contributed by atoms with Crippen LogP contribution in [0.3, 0.4) is 0 Å². The van der Waals surface area contributed by atoms with E-state index in [1.54, 1.807) is 11.3 Å². The van der Waals surface area contributed by atoms with Crippen LogP contribution in [0.1, 0.15) is 0 Å². The molecule has 0 aliphatic carbocycles. The third-order valence-electron chi connectivity index (χ3n) is 6.77. The van der Waals surface area contributed by atoms with Crippen LogP contribution >= 0.6 is 11.3 Å². The van der Waals surface area contributed by atoms with Crippen molar-refractivity contribution in [2.45, 2.75) is 0 Å². The molecule has 0 radical (unpaired) electrons. The zero-order valence-corrected chi connectivity index (χ0v) is 20.8. The van der Waals surface area contributed by atoms with Crippen molar-refractivity contribution in [2.24, 2.45) is 0 Å². The Morgan fingerprint density at radius 3 is 1.82 bits per heavy atom. The molecule has 0 aliphatic heterocycles. The van der Waals surface area contributed by atoms with Crippen LogP contribution in [-0.4, -0.2) is 29.7 Å². The SMILES string of the molecule is c1ccc(-c2nc(-c3ccccc3)nc(-n3c4ccccc4c4nnc5c6ccccc6sc5c43)n2)cc1. The predicted octanol–water partition coefficient (Wildman–Crippen LogP) is 7.46. The van der Waals surface area contributed by atoms with Gasteiger partial charge in [0.1, 0.15) is 11.0 Å². The molecule has 0 bridgehead atoms. The number of nitrogens with zero attached hydrogens (tertiary/aromatic N) is 6. The lowest BCUT2D eigenvalue weighted by Gasteiger charge is -2.10. The Morgan fingerprint density at radius 2 is 1.11 bits per heavy atom. The fraction of sp³-hybridized carbons (Fsp3) is 0. The second-order valence-corrected chi connectivity index (χ2v) is 10.1. The first-order chi connectivity index (χ1) is 18.8. The monoisotopic (exact) mass is 506 g/mol. The van der Waals surface area contributed by atoms with Gasteiger partial charge in [-0.25, -0.2) is 4.98 Å². The number of hydrogen-bond donors (Lipinski definition) is 0. The van der Waals surface area contributed by atoms with Crippen LogP contribution in [0.4, 0.5) is 0 Å². The van der Waals surface area contributed by atoms with Gasteiger partial charge >= 0.3 is 0 Å². The molecule has 178 valence electrons. The molecule has 7 heteroatoms. The fourth-order valence-electron chi connectivity index (χ4n) is 5.03. The number of thiophene rings is 1. The van der Waals surface area contributed by atoms with E-state index in [2.05, 4.69) is 40.0 Å². The van der Waals surface area contributed by atoms with Crippen molar-refractivity contribution in [3.63, 3.8) is 0 Å². The molecule has 0 fully saturated rings. The van der Waals surface area contributed by atoms with E-state index in [-0.39, 0.29) is 0 Å². The molecule has 0 aliphatic rings. The summed E-state index contributed by atoms with van der Waals surface area (Å²) in [7, 11) is 0. The lowest BCUT2D eigenvalue weighted by atomic mass is 10.2. The van der Waals surface area contributed by atoms with Crippen molar-refractivity contribution in [1.82, 2.24) is 29.7 Å². The maximum Gasteiger partial charge on any atom is 0.238 e. The van der Waals surface area contributed by atoms with E-state index >= 15 is 0 Å². The molecule has 0 saturated carbocycles. The first-order valence-electron chi connectivity index (χ1n) is 12.3. The lowest BCUT2D eigenvalue weighted by molar-refractivity contribution is 0.954. The van der Waals surface area contributed by atoms with Crippen molar-refractivity contribution >= 4 is 53.6 Å². The highest BCUT2D eigenvalue weighted by Gasteiger charge is 2.22. The highest BCUT2D eigenvalue weighted by molar-refractivity contribution is 7.26. The number of para-hydroxylation sites is 1. The summed E-state index contributed by atoms with van der Waals surface area (Å²) in [5.41, 5.74) is 5.53. The largest absolute Gasteiger partial charge is 0.275 e. The van der Waals surface area contributed by atoms with Crippen molar-refractivity contribution in [3.05, 3.63) is 109 Å². The van der Waals surface area contributed by atoms with E-state index in [1.165, 1.54) is 4.70 Å². The Labute approximate surface area is 220 Å². The van der Waals surface area contributed by atoms with E-state index in [0.717, 1.165) is 48.7 Å². The molecule has 4 aromatic heterocycles. The Bertz CT molecular complexity index is 2070. The lowest BCUT2D eigenvalue weighted by Crippen LogP contribution is -2.06. The van der Waals surface area contributed by atoms with Gasteiger partial charge in [0.15, 0.2) is 11.6 Å². The zero-order chi connectivity index (χ0) is 25.1. The van der Waals surface area contributed by atoms with Crippen LogP contribution < -0.4 is 0 Å². The number of benzene rings is 4. The van der Waals surface area contributed by atoms with Crippen molar-refractivity contribution in [1.29, 1.82) is 0 Å². The number of hydrogen-bond acceptors (Lipinski definition) is 6. The third-order valence-corrected chi connectivity index (χ3v) is 7.94. The molecular formula is C31H18N6S. The van der Waals surface area contributed by atoms with E-state index < -0.39 is 0 Å². The Morgan fingerprint density at radius 1 is 0.526 bits per heavy atom. The summed E-state index contributed by atoms with van der Waals surface area (Å²) in [6, 6.07) is 36.6. The minimum Gasteiger partial charge on any atom is -0.275 e. The van der Waals surface area contributed by atoms with Gasteiger partial charge in [-0.15, -0.1) is 21.5 Å². The topological polar surface area (TPSA) is 69.4 Å². The minimum atomic E-state index is 0.552. The van der Waals surface area contributed by atoms with Crippen LogP contribution in [0, 0.1) is 0 Å². The summed E-state index contributed by atoms with van der Waals surface area (Å²) in [6.07, 6.45) is 0. The van der Waals surface area contributed by atoms with E-state index in [4.69, 9.17) is 20.1 Å². The summed E-state index contributed by atoms with van der Waals surface area (Å²) < 4.78 is 4.36. The molecule has 38 heavy (non-hydrogen) atoms. The average Bonchev–Trinajstić information content (AvgIpc) is 3.54. The molecule has 0 unspecified atom stereocenters. The first kappa shape index (κ1) is 21.1. The van der Waals surface area contributed by atoms with Gasteiger partial charge in [-0.1, -0.05) is 97.1 Å². The average molecular weight is 507 g/mol. The number of aromatic nitrogens is 6. The molecule has 0 N–H and O–H groups in total. The molecule has 4 heterocycles. The van der Waals surface area contributed by atoms with Crippen LogP contribution in [-0.2, 0) is 0 Å². The second-order valence-electron chi connectivity index (χ2n) is 9.04. The van der Waals surface area contributed by atoms with Gasteiger partial charge in [0.25, 0.3) is 0 Å². The Kier molecular flexibility index (Phi) is 4.59. The maximum absolute atomic E-state index is 5.03. The summed E-state index contributed by atoms with van der Waals surface area (Å²) in [5, 5.41) is 11.5. The smallest absolute Gasteiger partial charge is 0.238 e. The predicted molar refractivity (Wildman–Crippen MR) is 154 cm³/mol. The highest BCUT2D eigenvalue weighted by atomic mass is 32.1. The molecule has 6 nitrogen and oxygen atoms in total. The Balaban J connectivity index is 1.53. The number of fused-ring (bicyclic) bond motifs is 7. The molecule has 8 rings (SSSR count). The van der Waals surface area contributed by atoms with Crippen molar-refractivity contribution < 1.29 is 0 Å². The molecule has 0 atom stereocenters. The van der Waals surface area contributed by atoms with Crippen molar-refractivity contribution in [2.75, 3.05) is 0 Å². The molecule has 8 aromatic rings. The quantitative estimate of drug-likeness (QED) is 0.249. The molecule has 0 amide bonds. The van der Waals surface area contributed by atoms with Gasteiger partial charge in [0.05, 0.1) is 15.7 Å². The summed E-state index contributed by atoms with van der Waals surface area (Å²) in [5.74, 6) is 1.79. The standard InChI is InChI=1S/C31H18N6S/c1-3-11-19(12-4-1)29-32-30(20-13-5-2-6-14-20)34-31(33-29)37-23-17-9-7-15-21(23)25-27(37)28-26(36-35-25)22-16-8-10-18-24(22)38-28/h1-18H. The van der Waals surface area contributed by atoms with Crippen molar-refractivity contribution in [3.8, 4) is 28.7 Å². The Hall–Kier alpha value is -5.01. The molecule has 4 aromatic carbocycles. The molecule has 0 spiro atoms. The normalized spacial score (nSPS) is 11.7. The fourth-order valence-corrected chi connectivity index (χ4v) is 6.20. The van der Waals surface area contributed by atoms with Crippen LogP contribution in [0.15, 0.2) is 109 Å².